The number of carbonyl (C=O) groups is 1. The molecule has 3 rings (SSSR count). The van der Waals surface area contributed by atoms with E-state index in [1.807, 2.05) is 24.3 Å². The summed E-state index contributed by atoms with van der Waals surface area (Å²) >= 11 is 0. The van der Waals surface area contributed by atoms with E-state index in [1.54, 1.807) is 11.0 Å². The summed E-state index contributed by atoms with van der Waals surface area (Å²) in [5, 5.41) is 9.60. The molecule has 2 aromatic rings. The van der Waals surface area contributed by atoms with E-state index in [4.69, 9.17) is 10.00 Å². The number of rotatable bonds is 2. The highest BCUT2D eigenvalue weighted by atomic mass is 16.5. The fourth-order valence-electron chi connectivity index (χ4n) is 2.33. The van der Waals surface area contributed by atoms with E-state index in [-0.39, 0.29) is 11.8 Å². The number of fused-ring (bicyclic) bond motifs is 1. The molecular weight excluding hydrogens is 254 g/mol. The lowest BCUT2D eigenvalue weighted by atomic mass is 9.99. The molecule has 20 heavy (non-hydrogen) atoms. The summed E-state index contributed by atoms with van der Waals surface area (Å²) in [6.07, 6.45) is 0. The van der Waals surface area contributed by atoms with Crippen LogP contribution in [0.1, 0.15) is 10.4 Å². The zero-order valence-corrected chi connectivity index (χ0v) is 11.0. The number of benzene rings is 1. The lowest BCUT2D eigenvalue weighted by molar-refractivity contribution is 0.0579. The van der Waals surface area contributed by atoms with Gasteiger partial charge in [-0.1, -0.05) is 18.2 Å². The Balaban J connectivity index is 2.02. The first-order valence-corrected chi connectivity index (χ1v) is 6.35. The molecule has 1 aromatic carbocycles. The molecule has 0 N–H and O–H groups in total. The van der Waals surface area contributed by atoms with Gasteiger partial charge in [0.15, 0.2) is 0 Å². The maximum Gasteiger partial charge on any atom is 0.254 e. The molecule has 1 aliphatic rings. The van der Waals surface area contributed by atoms with Gasteiger partial charge in [0.25, 0.3) is 5.91 Å². The van der Waals surface area contributed by atoms with Crippen LogP contribution in [0.2, 0.25) is 0 Å². The predicted octanol–water partition coefficient (Wildman–Crippen LogP) is 1.84. The molecule has 1 aliphatic heterocycles. The van der Waals surface area contributed by atoms with Crippen LogP contribution in [-0.4, -0.2) is 36.0 Å². The Bertz CT molecular complexity index is 715. The quantitative estimate of drug-likeness (QED) is 0.832. The van der Waals surface area contributed by atoms with E-state index in [2.05, 4.69) is 11.1 Å². The second-order valence-electron chi connectivity index (χ2n) is 4.77. The van der Waals surface area contributed by atoms with Crippen molar-refractivity contribution in [3.63, 3.8) is 0 Å². The van der Waals surface area contributed by atoms with Gasteiger partial charge in [-0.05, 0) is 6.07 Å². The SMILES string of the molecule is COc1cc(C(=O)N2CC(C#N)C2)c2ccccc2n1. The molecule has 1 fully saturated rings. The van der Waals surface area contributed by atoms with Gasteiger partial charge in [-0.25, -0.2) is 4.98 Å². The Hall–Kier alpha value is -2.61. The molecule has 2 heterocycles. The van der Waals surface area contributed by atoms with Crippen LogP contribution in [0.3, 0.4) is 0 Å². The Kier molecular flexibility index (Phi) is 2.99. The summed E-state index contributed by atoms with van der Waals surface area (Å²) in [6, 6.07) is 11.3. The van der Waals surface area contributed by atoms with Gasteiger partial charge in [-0.3, -0.25) is 4.79 Å². The molecule has 0 saturated carbocycles. The number of carbonyl (C=O) groups excluding carboxylic acids is 1. The van der Waals surface area contributed by atoms with Crippen LogP contribution in [0.4, 0.5) is 0 Å². The monoisotopic (exact) mass is 267 g/mol. The van der Waals surface area contributed by atoms with Crippen LogP contribution in [0.25, 0.3) is 10.9 Å². The van der Waals surface area contributed by atoms with Gasteiger partial charge in [0.1, 0.15) is 0 Å². The maximum atomic E-state index is 12.5. The van der Waals surface area contributed by atoms with Crippen molar-refractivity contribution in [1.29, 1.82) is 5.26 Å². The molecule has 0 unspecified atom stereocenters. The number of nitriles is 1. The van der Waals surface area contributed by atoms with Crippen molar-refractivity contribution >= 4 is 16.8 Å². The van der Waals surface area contributed by atoms with Crippen molar-refractivity contribution in [2.24, 2.45) is 5.92 Å². The van der Waals surface area contributed by atoms with E-state index in [0.717, 1.165) is 10.9 Å². The average Bonchev–Trinajstić information content (AvgIpc) is 2.44. The minimum atomic E-state index is -0.0756. The van der Waals surface area contributed by atoms with Crippen LogP contribution in [0.5, 0.6) is 5.88 Å². The smallest absolute Gasteiger partial charge is 0.254 e. The van der Waals surface area contributed by atoms with Gasteiger partial charge >= 0.3 is 0 Å². The third-order valence-corrected chi connectivity index (χ3v) is 3.48. The van der Waals surface area contributed by atoms with Crippen LogP contribution in [0.15, 0.2) is 30.3 Å². The number of para-hydroxylation sites is 1. The van der Waals surface area contributed by atoms with Crippen LogP contribution >= 0.6 is 0 Å². The normalized spacial score (nSPS) is 14.7. The van der Waals surface area contributed by atoms with Gasteiger partial charge in [0, 0.05) is 24.5 Å². The number of nitrogens with zero attached hydrogens (tertiary/aromatic N) is 3. The first kappa shape index (κ1) is 12.4. The van der Waals surface area contributed by atoms with Gasteiger partial charge in [-0.15, -0.1) is 0 Å². The van der Waals surface area contributed by atoms with Crippen molar-refractivity contribution < 1.29 is 9.53 Å². The summed E-state index contributed by atoms with van der Waals surface area (Å²) in [5.41, 5.74) is 1.30. The molecule has 0 aliphatic carbocycles. The standard InChI is InChI=1S/C15H13N3O2/c1-20-14-6-12(11-4-2-3-5-13(11)17-14)15(19)18-8-10(7-16)9-18/h2-6,10H,8-9H2,1H3. The van der Waals surface area contributed by atoms with Gasteiger partial charge in [0.2, 0.25) is 5.88 Å². The highest BCUT2D eigenvalue weighted by Gasteiger charge is 2.32. The zero-order valence-electron chi connectivity index (χ0n) is 11.0. The lowest BCUT2D eigenvalue weighted by Gasteiger charge is -2.35. The molecule has 0 spiro atoms. The summed E-state index contributed by atoms with van der Waals surface area (Å²) in [5.74, 6) is 0.298. The molecular formula is C15H13N3O2. The first-order chi connectivity index (χ1) is 9.72. The highest BCUT2D eigenvalue weighted by Crippen LogP contribution is 2.25. The minimum absolute atomic E-state index is 0.0473. The van der Waals surface area contributed by atoms with Crippen molar-refractivity contribution in [3.05, 3.63) is 35.9 Å². The third-order valence-electron chi connectivity index (χ3n) is 3.48. The highest BCUT2D eigenvalue weighted by molar-refractivity contribution is 6.06. The Morgan fingerprint density at radius 2 is 2.20 bits per heavy atom. The fraction of sp³-hybridized carbons (Fsp3) is 0.267. The minimum Gasteiger partial charge on any atom is -0.481 e. The third kappa shape index (κ3) is 1.95. The lowest BCUT2D eigenvalue weighted by Crippen LogP contribution is -2.49. The van der Waals surface area contributed by atoms with E-state index >= 15 is 0 Å². The maximum absolute atomic E-state index is 12.5. The molecule has 0 bridgehead atoms. The van der Waals surface area contributed by atoms with E-state index in [0.29, 0.717) is 24.5 Å². The van der Waals surface area contributed by atoms with Crippen LogP contribution in [0, 0.1) is 17.2 Å². The number of amides is 1. The van der Waals surface area contributed by atoms with Gasteiger partial charge < -0.3 is 9.64 Å². The number of hydrogen-bond acceptors (Lipinski definition) is 4. The summed E-state index contributed by atoms with van der Waals surface area (Å²) < 4.78 is 5.15. The molecule has 0 radical (unpaired) electrons. The Labute approximate surface area is 116 Å². The number of aromatic nitrogens is 1. The van der Waals surface area contributed by atoms with Crippen molar-refractivity contribution in [3.8, 4) is 11.9 Å². The summed E-state index contributed by atoms with van der Waals surface area (Å²) in [4.78, 5) is 18.5. The topological polar surface area (TPSA) is 66.2 Å². The summed E-state index contributed by atoms with van der Waals surface area (Å²) in [6.45, 7) is 0.989. The molecule has 1 aromatic heterocycles. The van der Waals surface area contributed by atoms with E-state index in [9.17, 15) is 4.79 Å². The fourth-order valence-corrected chi connectivity index (χ4v) is 2.33. The largest absolute Gasteiger partial charge is 0.481 e. The molecule has 1 amide bonds. The zero-order chi connectivity index (χ0) is 14.1. The Morgan fingerprint density at radius 1 is 1.45 bits per heavy atom. The second-order valence-corrected chi connectivity index (χ2v) is 4.77. The van der Waals surface area contributed by atoms with Crippen LogP contribution in [-0.2, 0) is 0 Å². The molecule has 0 atom stereocenters. The number of hydrogen-bond donors (Lipinski definition) is 0. The van der Waals surface area contributed by atoms with Gasteiger partial charge in [-0.2, -0.15) is 5.26 Å². The van der Waals surface area contributed by atoms with Gasteiger partial charge in [0.05, 0.1) is 30.2 Å². The molecule has 1 saturated heterocycles. The number of ether oxygens (including phenoxy) is 1. The number of pyridine rings is 1. The summed E-state index contributed by atoms with van der Waals surface area (Å²) in [7, 11) is 1.53. The van der Waals surface area contributed by atoms with Crippen molar-refractivity contribution in [1.82, 2.24) is 9.88 Å². The number of methoxy groups -OCH3 is 1. The van der Waals surface area contributed by atoms with Crippen molar-refractivity contribution in [2.45, 2.75) is 0 Å². The van der Waals surface area contributed by atoms with E-state index in [1.165, 1.54) is 7.11 Å². The predicted molar refractivity (Wildman–Crippen MR) is 73.3 cm³/mol. The number of likely N-dealkylation sites (tertiary alicyclic amines) is 1. The second kappa shape index (κ2) is 4.82. The first-order valence-electron chi connectivity index (χ1n) is 6.35. The Morgan fingerprint density at radius 3 is 2.90 bits per heavy atom. The van der Waals surface area contributed by atoms with Crippen LogP contribution < -0.4 is 4.74 Å². The van der Waals surface area contributed by atoms with E-state index < -0.39 is 0 Å². The average molecular weight is 267 g/mol. The molecule has 5 heteroatoms. The molecule has 5 nitrogen and oxygen atoms in total. The van der Waals surface area contributed by atoms with Crippen molar-refractivity contribution in [2.75, 3.05) is 20.2 Å². The molecule has 100 valence electrons.